The zero-order chi connectivity index (χ0) is 14.0. The van der Waals surface area contributed by atoms with Crippen LogP contribution in [-0.4, -0.2) is 95.0 Å². The number of rotatable bonds is 8. The lowest BCUT2D eigenvalue weighted by Crippen LogP contribution is -2.39. The smallest absolute Gasteiger partial charge is 0.154 e. The number of hydrogen-bond acceptors (Lipinski definition) is 6. The molecule has 0 amide bonds. The Labute approximate surface area is 121 Å². The Morgan fingerprint density at radius 3 is 1.60 bits per heavy atom. The molecule has 0 bridgehead atoms. The van der Waals surface area contributed by atoms with Gasteiger partial charge in [-0.15, -0.1) is 0 Å². The largest absolute Gasteiger partial charge is 0.379 e. The first-order valence-corrected chi connectivity index (χ1v) is 7.68. The minimum atomic E-state index is -0.128. The van der Waals surface area contributed by atoms with Crippen molar-refractivity contribution >= 4 is 0 Å². The van der Waals surface area contributed by atoms with Crippen LogP contribution in [0.3, 0.4) is 0 Å². The zero-order valence-electron chi connectivity index (χ0n) is 12.6. The summed E-state index contributed by atoms with van der Waals surface area (Å²) in [5, 5.41) is 0. The summed E-state index contributed by atoms with van der Waals surface area (Å²) >= 11 is 0. The highest BCUT2D eigenvalue weighted by Gasteiger charge is 2.12. The molecule has 0 radical (unpaired) electrons. The normalized spacial score (nSPS) is 22.5. The Hall–Kier alpha value is -0.240. The maximum absolute atomic E-state index is 5.69. The Morgan fingerprint density at radius 2 is 1.20 bits per heavy atom. The first-order valence-electron chi connectivity index (χ1n) is 7.68. The van der Waals surface area contributed by atoms with Gasteiger partial charge in [0.15, 0.2) is 6.29 Å². The third-order valence-corrected chi connectivity index (χ3v) is 3.73. The molecule has 2 saturated heterocycles. The predicted octanol–water partition coefficient (Wildman–Crippen LogP) is 0.0300. The average Bonchev–Trinajstić information content (AvgIpc) is 2.49. The van der Waals surface area contributed by atoms with Crippen molar-refractivity contribution in [3.05, 3.63) is 0 Å². The van der Waals surface area contributed by atoms with E-state index in [0.29, 0.717) is 0 Å². The fourth-order valence-electron chi connectivity index (χ4n) is 2.39. The lowest BCUT2D eigenvalue weighted by atomic mass is 10.4. The lowest BCUT2D eigenvalue weighted by molar-refractivity contribution is -0.138. The van der Waals surface area contributed by atoms with E-state index in [4.69, 9.17) is 18.9 Å². The molecule has 20 heavy (non-hydrogen) atoms. The maximum Gasteiger partial charge on any atom is 0.154 e. The highest BCUT2D eigenvalue weighted by molar-refractivity contribution is 4.62. The summed E-state index contributed by atoms with van der Waals surface area (Å²) in [6.45, 7) is 12.7. The summed E-state index contributed by atoms with van der Waals surface area (Å²) in [7, 11) is 0. The molecule has 118 valence electrons. The van der Waals surface area contributed by atoms with Gasteiger partial charge in [-0.1, -0.05) is 0 Å². The van der Waals surface area contributed by atoms with Gasteiger partial charge in [0.1, 0.15) is 0 Å². The Morgan fingerprint density at radius 1 is 0.800 bits per heavy atom. The summed E-state index contributed by atoms with van der Waals surface area (Å²) in [4.78, 5) is 4.73. The Balaban J connectivity index is 1.44. The Kier molecular flexibility index (Phi) is 7.79. The van der Waals surface area contributed by atoms with Crippen LogP contribution < -0.4 is 0 Å². The summed E-state index contributed by atoms with van der Waals surface area (Å²) in [5.41, 5.74) is 0. The van der Waals surface area contributed by atoms with Crippen molar-refractivity contribution in [2.75, 3.05) is 78.9 Å². The van der Waals surface area contributed by atoms with Gasteiger partial charge in [0.2, 0.25) is 0 Å². The average molecular weight is 288 g/mol. The SMILES string of the molecule is CC(OCCN1CCOCC1)OCCN1CCOCC1. The molecule has 2 aliphatic rings. The fourth-order valence-corrected chi connectivity index (χ4v) is 2.39. The summed E-state index contributed by atoms with van der Waals surface area (Å²) in [6, 6.07) is 0. The molecule has 6 heteroatoms. The van der Waals surface area contributed by atoms with Crippen LogP contribution in [0.15, 0.2) is 0 Å². The van der Waals surface area contributed by atoms with Crippen LogP contribution in [0.4, 0.5) is 0 Å². The van der Waals surface area contributed by atoms with E-state index < -0.39 is 0 Å². The molecule has 0 N–H and O–H groups in total. The van der Waals surface area contributed by atoms with Crippen molar-refractivity contribution < 1.29 is 18.9 Å². The van der Waals surface area contributed by atoms with Crippen molar-refractivity contribution in [2.45, 2.75) is 13.2 Å². The van der Waals surface area contributed by atoms with E-state index in [-0.39, 0.29) is 6.29 Å². The van der Waals surface area contributed by atoms with E-state index in [9.17, 15) is 0 Å². The molecule has 2 rings (SSSR count). The van der Waals surface area contributed by atoms with Gasteiger partial charge in [-0.25, -0.2) is 0 Å². The van der Waals surface area contributed by atoms with Crippen LogP contribution in [-0.2, 0) is 18.9 Å². The van der Waals surface area contributed by atoms with Gasteiger partial charge in [0.05, 0.1) is 39.6 Å². The van der Waals surface area contributed by atoms with Crippen LogP contribution in [0.1, 0.15) is 6.92 Å². The van der Waals surface area contributed by atoms with Crippen LogP contribution in [0.25, 0.3) is 0 Å². The van der Waals surface area contributed by atoms with Gasteiger partial charge in [0, 0.05) is 39.3 Å². The molecule has 0 saturated carbocycles. The van der Waals surface area contributed by atoms with Crippen LogP contribution >= 0.6 is 0 Å². The molecule has 0 unspecified atom stereocenters. The predicted molar refractivity (Wildman–Crippen MR) is 75.9 cm³/mol. The first kappa shape index (κ1) is 16.1. The van der Waals surface area contributed by atoms with Crippen LogP contribution in [0.5, 0.6) is 0 Å². The maximum atomic E-state index is 5.69. The molecule has 0 aromatic carbocycles. The number of nitrogens with zero attached hydrogens (tertiary/aromatic N) is 2. The molecule has 0 aromatic rings. The van der Waals surface area contributed by atoms with E-state index >= 15 is 0 Å². The first-order chi connectivity index (χ1) is 9.84. The van der Waals surface area contributed by atoms with E-state index in [1.807, 2.05) is 6.92 Å². The zero-order valence-corrected chi connectivity index (χ0v) is 12.6. The van der Waals surface area contributed by atoms with E-state index in [1.54, 1.807) is 0 Å². The van der Waals surface area contributed by atoms with Crippen molar-refractivity contribution in [1.82, 2.24) is 9.80 Å². The van der Waals surface area contributed by atoms with Gasteiger partial charge in [-0.2, -0.15) is 0 Å². The van der Waals surface area contributed by atoms with Crippen molar-refractivity contribution in [3.8, 4) is 0 Å². The van der Waals surface area contributed by atoms with Crippen molar-refractivity contribution in [3.63, 3.8) is 0 Å². The van der Waals surface area contributed by atoms with Gasteiger partial charge in [-0.05, 0) is 6.92 Å². The molecule has 2 heterocycles. The molecule has 0 aliphatic carbocycles. The van der Waals surface area contributed by atoms with Gasteiger partial charge in [-0.3, -0.25) is 9.80 Å². The van der Waals surface area contributed by atoms with Crippen molar-refractivity contribution in [2.24, 2.45) is 0 Å². The summed E-state index contributed by atoms with van der Waals surface area (Å²) < 4.78 is 22.0. The third kappa shape index (κ3) is 6.47. The van der Waals surface area contributed by atoms with Gasteiger partial charge < -0.3 is 18.9 Å². The van der Waals surface area contributed by atoms with E-state index in [0.717, 1.165) is 78.9 Å². The molecular formula is C14H28N2O4. The number of morpholine rings is 2. The van der Waals surface area contributed by atoms with Crippen molar-refractivity contribution in [1.29, 1.82) is 0 Å². The molecule has 0 aromatic heterocycles. The number of ether oxygens (including phenoxy) is 4. The third-order valence-electron chi connectivity index (χ3n) is 3.73. The second-order valence-electron chi connectivity index (χ2n) is 5.22. The topological polar surface area (TPSA) is 43.4 Å². The van der Waals surface area contributed by atoms with Crippen LogP contribution in [0.2, 0.25) is 0 Å². The highest BCUT2D eigenvalue weighted by atomic mass is 16.7. The second kappa shape index (κ2) is 9.65. The highest BCUT2D eigenvalue weighted by Crippen LogP contribution is 2.00. The molecule has 2 fully saturated rings. The molecular weight excluding hydrogens is 260 g/mol. The Bertz CT molecular complexity index is 219. The summed E-state index contributed by atoms with van der Waals surface area (Å²) in [5.74, 6) is 0. The van der Waals surface area contributed by atoms with Gasteiger partial charge in [0.25, 0.3) is 0 Å². The molecule has 6 nitrogen and oxygen atoms in total. The molecule has 2 aliphatic heterocycles. The fraction of sp³-hybridized carbons (Fsp3) is 1.00. The van der Waals surface area contributed by atoms with Gasteiger partial charge >= 0.3 is 0 Å². The van der Waals surface area contributed by atoms with E-state index in [1.165, 1.54) is 0 Å². The molecule has 0 spiro atoms. The van der Waals surface area contributed by atoms with E-state index in [2.05, 4.69) is 9.80 Å². The quantitative estimate of drug-likeness (QED) is 0.587. The molecule has 0 atom stereocenters. The second-order valence-corrected chi connectivity index (χ2v) is 5.22. The number of hydrogen-bond donors (Lipinski definition) is 0. The summed E-state index contributed by atoms with van der Waals surface area (Å²) in [6.07, 6.45) is -0.128. The standard InChI is InChI=1S/C14H28N2O4/c1-14(19-12-6-15-2-8-17-9-3-15)20-13-7-16-4-10-18-11-5-16/h14H,2-13H2,1H3. The lowest BCUT2D eigenvalue weighted by Gasteiger charge is -2.28. The van der Waals surface area contributed by atoms with Crippen LogP contribution in [0, 0.1) is 0 Å². The minimum Gasteiger partial charge on any atom is -0.379 e. The monoisotopic (exact) mass is 288 g/mol. The minimum absolute atomic E-state index is 0.128.